The summed E-state index contributed by atoms with van der Waals surface area (Å²) in [5.74, 6) is -4.15. The number of Topliss-reactive ketones (excluding diaryl/α,β-unsaturated/α-hetero) is 1. The first-order chi connectivity index (χ1) is 28.8. The fourth-order valence-electron chi connectivity index (χ4n) is 8.37. The van der Waals surface area contributed by atoms with Gasteiger partial charge in [0.2, 0.25) is 27.7 Å². The van der Waals surface area contributed by atoms with E-state index in [1.54, 1.807) is 13.8 Å². The molecular formula is C42H43F4N5O9S. The summed E-state index contributed by atoms with van der Waals surface area (Å²) in [6, 6.07) is 6.30. The minimum atomic E-state index is -4.99. The molecule has 4 aliphatic rings. The third-order valence-electron chi connectivity index (χ3n) is 12.2. The Kier molecular flexibility index (Phi) is 10.8. The van der Waals surface area contributed by atoms with Crippen LogP contribution in [0.1, 0.15) is 87.4 Å². The van der Waals surface area contributed by atoms with Crippen LogP contribution in [0, 0.1) is 24.1 Å². The number of pyridine rings is 1. The van der Waals surface area contributed by atoms with E-state index in [1.165, 1.54) is 29.2 Å². The molecule has 2 aromatic heterocycles. The maximum atomic E-state index is 14.8. The highest BCUT2D eigenvalue weighted by Crippen LogP contribution is 2.57. The number of nitrogens with zero attached hydrogens (tertiary/aromatic N) is 3. The van der Waals surface area contributed by atoms with Gasteiger partial charge in [-0.25, -0.2) is 17.8 Å². The minimum absolute atomic E-state index is 0.0255. The largest absolute Gasteiger partial charge is 0.573 e. The molecule has 2 aliphatic heterocycles. The van der Waals surface area contributed by atoms with Crippen molar-refractivity contribution < 1.29 is 59.2 Å². The van der Waals surface area contributed by atoms with Crippen molar-refractivity contribution in [2.24, 2.45) is 11.3 Å². The number of benzene rings is 2. The number of sulfonamides is 1. The molecule has 4 heterocycles. The number of amides is 3. The van der Waals surface area contributed by atoms with Gasteiger partial charge in [-0.2, -0.15) is 0 Å². The van der Waals surface area contributed by atoms with Gasteiger partial charge in [-0.3, -0.25) is 23.9 Å². The predicted octanol–water partition coefficient (Wildman–Crippen LogP) is 6.35. The Morgan fingerprint density at radius 1 is 1.02 bits per heavy atom. The van der Waals surface area contributed by atoms with Crippen LogP contribution in [0.4, 0.5) is 17.6 Å². The van der Waals surface area contributed by atoms with Gasteiger partial charge in [0.1, 0.15) is 29.5 Å². The zero-order valence-corrected chi connectivity index (χ0v) is 34.0. The summed E-state index contributed by atoms with van der Waals surface area (Å²) in [5.41, 5.74) is -1.45. The molecule has 2 saturated carbocycles. The van der Waals surface area contributed by atoms with Crippen LogP contribution < -0.4 is 19.5 Å². The average molecular weight is 870 g/mol. The average Bonchev–Trinajstić information content (AvgIpc) is 3.99. The molecule has 2 aromatic carbocycles. The first-order valence-electron chi connectivity index (χ1n) is 20.1. The lowest BCUT2D eigenvalue weighted by Crippen LogP contribution is -2.52. The summed E-state index contributed by atoms with van der Waals surface area (Å²) in [6.45, 7) is 2.91. The number of allylic oxidation sites excluding steroid dienone is 2. The number of aromatic nitrogens is 2. The zero-order chi connectivity index (χ0) is 43.5. The topological polar surface area (TPSA) is 187 Å². The van der Waals surface area contributed by atoms with Gasteiger partial charge >= 0.3 is 6.36 Å². The van der Waals surface area contributed by atoms with Crippen LogP contribution in [-0.4, -0.2) is 82.8 Å². The van der Waals surface area contributed by atoms with Crippen molar-refractivity contribution in [2.45, 2.75) is 107 Å². The number of halogens is 4. The van der Waals surface area contributed by atoms with Crippen molar-refractivity contribution in [3.63, 3.8) is 0 Å². The molecule has 4 aromatic rings. The second kappa shape index (κ2) is 15.7. The molecule has 19 heteroatoms. The van der Waals surface area contributed by atoms with E-state index in [2.05, 4.69) is 24.9 Å². The van der Waals surface area contributed by atoms with E-state index in [1.807, 2.05) is 12.2 Å². The van der Waals surface area contributed by atoms with E-state index >= 15 is 0 Å². The summed E-state index contributed by atoms with van der Waals surface area (Å²) in [5, 5.41) is 7.44. The molecule has 3 fully saturated rings. The standard InChI is InChI=1S/C42H43F4N5O9S/c1-23-16-33(49-60-23)36(53)47-31-9-7-5-3-4-6-8-24-20-41(24,39(55)50-61(56,57)40(2)14-15-40)21-35(52)34-19-27(22-51(34)38(31)54)58-37-30-17-25(43)10-12-28(30)29-13-11-26(18-32(29)48-37)59-42(44,45)46/h6,8,10-13,16-18,24,27,31,34H,3-5,7,9,14-15,19-22H2,1-2H3,(H,47,53)(H,50,55)/b8-6-/t24-,27-,31+,34+,41-/m1/s1. The van der Waals surface area contributed by atoms with E-state index in [9.17, 15) is 45.2 Å². The molecule has 2 aliphatic carbocycles. The second-order valence-corrected chi connectivity index (χ2v) is 18.9. The van der Waals surface area contributed by atoms with Gasteiger partial charge in [0, 0.05) is 35.7 Å². The molecule has 324 valence electrons. The summed E-state index contributed by atoms with van der Waals surface area (Å²) in [7, 11) is -4.06. The number of aryl methyl sites for hydroxylation is 1. The van der Waals surface area contributed by atoms with Gasteiger partial charge in [0.05, 0.1) is 28.3 Å². The summed E-state index contributed by atoms with van der Waals surface area (Å²) < 4.78 is 97.4. The summed E-state index contributed by atoms with van der Waals surface area (Å²) in [6.07, 6.45) is 0.863. The Bertz CT molecular complexity index is 2580. The van der Waals surface area contributed by atoms with Crippen molar-refractivity contribution in [2.75, 3.05) is 6.54 Å². The number of ether oxygens (including phenoxy) is 2. The van der Waals surface area contributed by atoms with E-state index in [0.29, 0.717) is 55.1 Å². The molecule has 5 atom stereocenters. The number of fused-ring (bicyclic) bond motifs is 5. The number of rotatable bonds is 8. The number of nitrogens with one attached hydrogen (secondary N) is 2. The zero-order valence-electron chi connectivity index (χ0n) is 33.2. The molecule has 1 saturated heterocycles. The Labute approximate surface area is 347 Å². The predicted molar refractivity (Wildman–Crippen MR) is 210 cm³/mol. The van der Waals surface area contributed by atoms with Gasteiger partial charge in [0.25, 0.3) is 5.91 Å². The van der Waals surface area contributed by atoms with Crippen LogP contribution in [0.15, 0.2) is 59.1 Å². The number of hydrogen-bond donors (Lipinski definition) is 2. The van der Waals surface area contributed by atoms with E-state index in [0.717, 1.165) is 18.2 Å². The molecular weight excluding hydrogens is 827 g/mol. The smallest absolute Gasteiger partial charge is 0.472 e. The van der Waals surface area contributed by atoms with E-state index in [4.69, 9.17) is 9.26 Å². The molecule has 2 N–H and O–H groups in total. The third-order valence-corrected chi connectivity index (χ3v) is 14.4. The molecule has 0 unspecified atom stereocenters. The SMILES string of the molecule is Cc1cc(C(=O)N[C@H]2CCCCC/C=C\[C@@H]3C[C@@]3(C(=O)NS(=O)(=O)C3(C)CC3)CC(=O)[C@@H]3C[C@@H](Oc4nc5cc(OC(F)(F)F)ccc5c5ccc(F)cc45)CN3C2=O)no1. The number of ketones is 1. The minimum Gasteiger partial charge on any atom is -0.472 e. The maximum Gasteiger partial charge on any atom is 0.573 e. The summed E-state index contributed by atoms with van der Waals surface area (Å²) in [4.78, 5) is 62.4. The van der Waals surface area contributed by atoms with Crippen LogP contribution in [0.25, 0.3) is 21.7 Å². The third kappa shape index (κ3) is 8.65. The number of alkyl halides is 3. The van der Waals surface area contributed by atoms with Crippen molar-refractivity contribution in [1.29, 1.82) is 0 Å². The fraction of sp³-hybridized carbons (Fsp3) is 0.476. The quantitative estimate of drug-likeness (QED) is 0.114. The molecule has 0 bridgehead atoms. The van der Waals surface area contributed by atoms with Crippen molar-refractivity contribution in [1.82, 2.24) is 25.1 Å². The van der Waals surface area contributed by atoms with Gasteiger partial charge in [-0.15, -0.1) is 13.2 Å². The Morgan fingerprint density at radius 3 is 2.51 bits per heavy atom. The highest BCUT2D eigenvalue weighted by Gasteiger charge is 2.62. The van der Waals surface area contributed by atoms with Gasteiger partial charge in [-0.05, 0) is 87.9 Å². The van der Waals surface area contributed by atoms with Crippen LogP contribution in [0.2, 0.25) is 0 Å². The van der Waals surface area contributed by atoms with Gasteiger partial charge < -0.3 is 24.2 Å². The Morgan fingerprint density at radius 2 is 1.79 bits per heavy atom. The van der Waals surface area contributed by atoms with Crippen molar-refractivity contribution >= 4 is 55.2 Å². The molecule has 0 spiro atoms. The fourth-order valence-corrected chi connectivity index (χ4v) is 9.70. The van der Waals surface area contributed by atoms with Gasteiger partial charge in [-0.1, -0.05) is 36.2 Å². The van der Waals surface area contributed by atoms with Crippen LogP contribution in [0.5, 0.6) is 11.6 Å². The highest BCUT2D eigenvalue weighted by atomic mass is 32.2. The first-order valence-corrected chi connectivity index (χ1v) is 21.6. The molecule has 61 heavy (non-hydrogen) atoms. The first kappa shape index (κ1) is 42.1. The van der Waals surface area contributed by atoms with Crippen LogP contribution in [0.3, 0.4) is 0 Å². The number of carbonyl (C=O) groups excluding carboxylic acids is 4. The maximum absolute atomic E-state index is 14.8. The molecule has 14 nitrogen and oxygen atoms in total. The normalized spacial score (nSPS) is 26.1. The number of carbonyl (C=O) groups is 4. The Balaban J connectivity index is 1.14. The lowest BCUT2D eigenvalue weighted by Gasteiger charge is -2.29. The lowest BCUT2D eigenvalue weighted by molar-refractivity contribution is -0.274. The molecule has 8 rings (SSSR count). The Hall–Kier alpha value is -5.59. The van der Waals surface area contributed by atoms with Crippen LogP contribution >= 0.6 is 0 Å². The highest BCUT2D eigenvalue weighted by molar-refractivity contribution is 7.91. The van der Waals surface area contributed by atoms with E-state index < -0.39 is 92.1 Å². The van der Waals surface area contributed by atoms with Crippen LogP contribution in [-0.2, 0) is 24.4 Å². The van der Waals surface area contributed by atoms with Gasteiger partial charge in [0.15, 0.2) is 11.5 Å². The van der Waals surface area contributed by atoms with Crippen molar-refractivity contribution in [3.8, 4) is 11.6 Å². The monoisotopic (exact) mass is 869 g/mol. The number of hydrogen-bond acceptors (Lipinski definition) is 11. The molecule has 3 amide bonds. The lowest BCUT2D eigenvalue weighted by atomic mass is 9.91. The summed E-state index contributed by atoms with van der Waals surface area (Å²) >= 11 is 0. The second-order valence-electron chi connectivity index (χ2n) is 16.7. The van der Waals surface area contributed by atoms with Crippen molar-refractivity contribution in [3.05, 3.63) is 71.9 Å². The van der Waals surface area contributed by atoms with E-state index in [-0.39, 0.29) is 48.3 Å². The molecule has 0 radical (unpaired) electrons.